The van der Waals surface area contributed by atoms with Crippen LogP contribution >= 0.6 is 0 Å². The molecule has 0 aliphatic carbocycles. The predicted octanol–water partition coefficient (Wildman–Crippen LogP) is 0.653. The number of imidazole rings is 1. The van der Waals surface area contributed by atoms with Crippen LogP contribution in [0.25, 0.3) is 0 Å². The van der Waals surface area contributed by atoms with Crippen molar-refractivity contribution in [3.63, 3.8) is 0 Å². The Labute approximate surface area is 95.6 Å². The molecule has 0 saturated carbocycles. The molecule has 2 N–H and O–H groups in total. The highest BCUT2D eigenvalue weighted by molar-refractivity contribution is 7.91. The summed E-state index contributed by atoms with van der Waals surface area (Å²) >= 11 is 0. The fourth-order valence-electron chi connectivity index (χ4n) is 2.19. The van der Waals surface area contributed by atoms with Gasteiger partial charge in [0.05, 0.1) is 23.5 Å². The Hall–Kier alpha value is -0.880. The van der Waals surface area contributed by atoms with Gasteiger partial charge in [-0.15, -0.1) is 0 Å². The third-order valence-corrected chi connectivity index (χ3v) is 4.80. The van der Waals surface area contributed by atoms with Crippen LogP contribution < -0.4 is 5.73 Å². The average Bonchev–Trinajstić information content (AvgIpc) is 2.64. The first kappa shape index (κ1) is 11.6. The Kier molecular flexibility index (Phi) is 3.03. The largest absolute Gasteiger partial charge is 0.329 e. The Morgan fingerprint density at radius 1 is 1.62 bits per heavy atom. The van der Waals surface area contributed by atoms with Crippen LogP contribution in [0.1, 0.15) is 37.5 Å². The molecule has 90 valence electrons. The molecule has 0 amide bonds. The van der Waals surface area contributed by atoms with Crippen LogP contribution in [0.2, 0.25) is 0 Å². The quantitative estimate of drug-likeness (QED) is 0.827. The van der Waals surface area contributed by atoms with Crippen molar-refractivity contribution in [1.82, 2.24) is 9.55 Å². The first-order chi connectivity index (χ1) is 7.49. The van der Waals surface area contributed by atoms with Gasteiger partial charge >= 0.3 is 0 Å². The molecule has 2 rings (SSSR count). The highest BCUT2D eigenvalue weighted by Crippen LogP contribution is 2.25. The molecule has 5 nitrogen and oxygen atoms in total. The van der Waals surface area contributed by atoms with E-state index in [1.165, 1.54) is 0 Å². The van der Waals surface area contributed by atoms with Crippen LogP contribution in [-0.2, 0) is 9.84 Å². The molecular weight excluding hydrogens is 226 g/mol. The summed E-state index contributed by atoms with van der Waals surface area (Å²) in [4.78, 5) is 4.05. The summed E-state index contributed by atoms with van der Waals surface area (Å²) in [5.41, 5.74) is 6.73. The zero-order chi connectivity index (χ0) is 11.8. The molecule has 1 aliphatic heterocycles. The molecule has 16 heavy (non-hydrogen) atoms. The number of nitrogens with zero attached hydrogens (tertiary/aromatic N) is 2. The fraction of sp³-hybridized carbons (Fsp3) is 0.700. The van der Waals surface area contributed by atoms with Gasteiger partial charge in [-0.3, -0.25) is 0 Å². The molecule has 1 unspecified atom stereocenters. The first-order valence-corrected chi connectivity index (χ1v) is 7.29. The summed E-state index contributed by atoms with van der Waals surface area (Å²) in [7, 11) is -2.89. The van der Waals surface area contributed by atoms with Crippen molar-refractivity contribution < 1.29 is 8.42 Å². The minimum atomic E-state index is -2.89. The van der Waals surface area contributed by atoms with E-state index in [0.717, 1.165) is 18.5 Å². The molecule has 1 fully saturated rings. The maximum atomic E-state index is 11.6. The van der Waals surface area contributed by atoms with Crippen molar-refractivity contribution in [3.05, 3.63) is 18.2 Å². The number of hydrogen-bond acceptors (Lipinski definition) is 4. The van der Waals surface area contributed by atoms with Gasteiger partial charge in [-0.2, -0.15) is 0 Å². The smallest absolute Gasteiger partial charge is 0.152 e. The highest BCUT2D eigenvalue weighted by atomic mass is 32.2. The van der Waals surface area contributed by atoms with E-state index in [1.54, 1.807) is 12.5 Å². The van der Waals surface area contributed by atoms with Crippen LogP contribution in [0.4, 0.5) is 0 Å². The Morgan fingerprint density at radius 2 is 2.38 bits per heavy atom. The van der Waals surface area contributed by atoms with E-state index < -0.39 is 9.84 Å². The lowest BCUT2D eigenvalue weighted by Gasteiger charge is -2.25. The van der Waals surface area contributed by atoms with E-state index in [1.807, 2.05) is 11.5 Å². The third-order valence-electron chi connectivity index (χ3n) is 2.99. The van der Waals surface area contributed by atoms with E-state index >= 15 is 0 Å². The predicted molar refractivity (Wildman–Crippen MR) is 61.8 cm³/mol. The number of sulfone groups is 1. The molecule has 0 bridgehead atoms. The monoisotopic (exact) mass is 243 g/mol. The number of hydrogen-bond donors (Lipinski definition) is 1. The second-order valence-electron chi connectivity index (χ2n) is 4.42. The van der Waals surface area contributed by atoms with Gasteiger partial charge in [0.25, 0.3) is 0 Å². The van der Waals surface area contributed by atoms with Crippen LogP contribution in [0.5, 0.6) is 0 Å². The molecule has 1 saturated heterocycles. The maximum absolute atomic E-state index is 11.6. The Balaban J connectivity index is 2.27. The number of aromatic nitrogens is 2. The van der Waals surface area contributed by atoms with Gasteiger partial charge in [0, 0.05) is 18.3 Å². The lowest BCUT2D eigenvalue weighted by Crippen LogP contribution is -2.29. The number of nitrogens with two attached hydrogens (primary N) is 1. The van der Waals surface area contributed by atoms with Gasteiger partial charge in [0.1, 0.15) is 0 Å². The van der Waals surface area contributed by atoms with Gasteiger partial charge in [-0.1, -0.05) is 0 Å². The van der Waals surface area contributed by atoms with Crippen molar-refractivity contribution >= 4 is 9.84 Å². The molecule has 6 heteroatoms. The second kappa shape index (κ2) is 4.18. The minimum Gasteiger partial charge on any atom is -0.329 e. The SMILES string of the molecule is C[C@H](N)c1cncn1C1CCCS(=O)(=O)C1. The second-order valence-corrected chi connectivity index (χ2v) is 6.65. The zero-order valence-electron chi connectivity index (χ0n) is 9.33. The van der Waals surface area contributed by atoms with Crippen molar-refractivity contribution in [3.8, 4) is 0 Å². The van der Waals surface area contributed by atoms with Crippen LogP contribution in [-0.4, -0.2) is 29.5 Å². The topological polar surface area (TPSA) is 78.0 Å². The van der Waals surface area contributed by atoms with Gasteiger partial charge in [0.15, 0.2) is 9.84 Å². The first-order valence-electron chi connectivity index (χ1n) is 5.47. The lowest BCUT2D eigenvalue weighted by molar-refractivity contribution is 0.452. The van der Waals surface area contributed by atoms with E-state index in [2.05, 4.69) is 4.98 Å². The summed E-state index contributed by atoms with van der Waals surface area (Å²) < 4.78 is 25.1. The molecule has 2 heterocycles. The summed E-state index contributed by atoms with van der Waals surface area (Å²) in [6.07, 6.45) is 5.01. The van der Waals surface area contributed by atoms with Crippen molar-refractivity contribution in [2.75, 3.05) is 11.5 Å². The lowest BCUT2D eigenvalue weighted by atomic mass is 10.1. The van der Waals surface area contributed by atoms with Crippen molar-refractivity contribution in [2.45, 2.75) is 31.8 Å². The maximum Gasteiger partial charge on any atom is 0.152 e. The fourth-order valence-corrected chi connectivity index (χ4v) is 3.88. The van der Waals surface area contributed by atoms with E-state index in [4.69, 9.17) is 5.73 Å². The Morgan fingerprint density at radius 3 is 3.00 bits per heavy atom. The molecule has 0 aromatic carbocycles. The van der Waals surface area contributed by atoms with Crippen molar-refractivity contribution in [2.24, 2.45) is 5.73 Å². The van der Waals surface area contributed by atoms with Crippen LogP contribution in [0, 0.1) is 0 Å². The van der Waals surface area contributed by atoms with Crippen molar-refractivity contribution in [1.29, 1.82) is 0 Å². The summed E-state index contributed by atoms with van der Waals surface area (Å²) in [5, 5.41) is 0. The van der Waals surface area contributed by atoms with Gasteiger partial charge < -0.3 is 10.3 Å². The molecular formula is C10H17N3O2S. The van der Waals surface area contributed by atoms with E-state index in [0.29, 0.717) is 5.75 Å². The molecule has 2 atom stereocenters. The normalized spacial score (nSPS) is 26.5. The third kappa shape index (κ3) is 2.27. The summed E-state index contributed by atoms with van der Waals surface area (Å²) in [5.74, 6) is 0.523. The number of rotatable bonds is 2. The minimum absolute atomic E-state index is 0.00208. The van der Waals surface area contributed by atoms with Crippen LogP contribution in [0.3, 0.4) is 0 Å². The molecule has 0 spiro atoms. The molecule has 1 aromatic heterocycles. The standard InChI is InChI=1S/C10H17N3O2S/c1-8(11)10-5-12-7-13(10)9-3-2-4-16(14,15)6-9/h5,7-9H,2-4,6,11H2,1H3/t8-,9?/m0/s1. The molecule has 0 radical (unpaired) electrons. The Bertz CT molecular complexity index is 464. The summed E-state index contributed by atoms with van der Waals surface area (Å²) in [6.45, 7) is 1.88. The van der Waals surface area contributed by atoms with Crippen LogP contribution in [0.15, 0.2) is 12.5 Å². The average molecular weight is 243 g/mol. The van der Waals surface area contributed by atoms with E-state index in [9.17, 15) is 8.42 Å². The highest BCUT2D eigenvalue weighted by Gasteiger charge is 2.27. The van der Waals surface area contributed by atoms with E-state index in [-0.39, 0.29) is 17.8 Å². The molecule has 1 aromatic rings. The zero-order valence-corrected chi connectivity index (χ0v) is 10.2. The van der Waals surface area contributed by atoms with Gasteiger partial charge in [-0.25, -0.2) is 13.4 Å². The molecule has 1 aliphatic rings. The van der Waals surface area contributed by atoms with Gasteiger partial charge in [-0.05, 0) is 19.8 Å². The summed E-state index contributed by atoms with van der Waals surface area (Å²) in [6, 6.07) is -0.116. The van der Waals surface area contributed by atoms with Gasteiger partial charge in [0.2, 0.25) is 0 Å².